The van der Waals surface area contributed by atoms with E-state index in [1.807, 2.05) is 0 Å². The van der Waals surface area contributed by atoms with E-state index in [-0.39, 0.29) is 5.91 Å². The lowest BCUT2D eigenvalue weighted by Gasteiger charge is -2.26. The number of hydrazine groups is 1. The molecule has 1 saturated carbocycles. The minimum atomic E-state index is -0.198. The van der Waals surface area contributed by atoms with Gasteiger partial charge >= 0.3 is 0 Å². The third-order valence-corrected chi connectivity index (χ3v) is 3.46. The Balaban J connectivity index is 2.33. The number of amides is 1. The summed E-state index contributed by atoms with van der Waals surface area (Å²) in [5, 5.41) is 4.13. The SMILES string of the molecule is CN(N)/C(=C\N)C(=O)NC[C@H]1CC[C@H](C)CC1. The summed E-state index contributed by atoms with van der Waals surface area (Å²) < 4.78 is 0. The largest absolute Gasteiger partial charge is 0.403 e. The van der Waals surface area contributed by atoms with Crippen molar-refractivity contribution < 1.29 is 4.79 Å². The molecule has 1 rings (SSSR count). The number of rotatable bonds is 4. The average molecular weight is 240 g/mol. The van der Waals surface area contributed by atoms with Crippen LogP contribution in [0.15, 0.2) is 11.9 Å². The number of likely N-dealkylation sites (N-methyl/N-ethyl adjacent to an activating group) is 1. The number of carbonyl (C=O) groups excluding carboxylic acids is 1. The highest BCUT2D eigenvalue weighted by Gasteiger charge is 2.19. The van der Waals surface area contributed by atoms with Gasteiger partial charge in [0, 0.05) is 19.8 Å². The monoisotopic (exact) mass is 240 g/mol. The van der Waals surface area contributed by atoms with E-state index >= 15 is 0 Å². The van der Waals surface area contributed by atoms with Gasteiger partial charge in [0.2, 0.25) is 0 Å². The predicted octanol–water partition coefficient (Wildman–Crippen LogP) is 0.534. The van der Waals surface area contributed by atoms with Crippen LogP contribution in [-0.4, -0.2) is 24.5 Å². The molecule has 17 heavy (non-hydrogen) atoms. The summed E-state index contributed by atoms with van der Waals surface area (Å²) in [6.07, 6.45) is 6.15. The number of nitrogens with one attached hydrogen (secondary N) is 1. The highest BCUT2D eigenvalue weighted by molar-refractivity contribution is 5.92. The summed E-state index contributed by atoms with van der Waals surface area (Å²) in [4.78, 5) is 11.7. The molecule has 0 unspecified atom stereocenters. The van der Waals surface area contributed by atoms with Gasteiger partial charge in [-0.15, -0.1) is 0 Å². The maximum atomic E-state index is 11.7. The van der Waals surface area contributed by atoms with Crippen LogP contribution in [0, 0.1) is 11.8 Å². The molecule has 1 aliphatic carbocycles. The van der Waals surface area contributed by atoms with Crippen LogP contribution in [0.5, 0.6) is 0 Å². The summed E-state index contributed by atoms with van der Waals surface area (Å²) in [6, 6.07) is 0. The molecule has 5 N–H and O–H groups in total. The average Bonchev–Trinajstić information content (AvgIpc) is 2.28. The molecule has 1 aliphatic rings. The number of nitrogens with two attached hydrogens (primary N) is 2. The topological polar surface area (TPSA) is 84.4 Å². The Labute approximate surface area is 103 Å². The highest BCUT2D eigenvalue weighted by Crippen LogP contribution is 2.27. The van der Waals surface area contributed by atoms with Crippen molar-refractivity contribution in [1.82, 2.24) is 10.3 Å². The van der Waals surface area contributed by atoms with Crippen LogP contribution in [0.2, 0.25) is 0 Å². The van der Waals surface area contributed by atoms with Gasteiger partial charge in [0.25, 0.3) is 5.91 Å². The van der Waals surface area contributed by atoms with Crippen molar-refractivity contribution >= 4 is 5.91 Å². The molecular formula is C12H24N4O. The van der Waals surface area contributed by atoms with Crippen molar-refractivity contribution in [2.24, 2.45) is 23.4 Å². The highest BCUT2D eigenvalue weighted by atomic mass is 16.2. The zero-order chi connectivity index (χ0) is 12.8. The fourth-order valence-corrected chi connectivity index (χ4v) is 2.21. The quantitative estimate of drug-likeness (QED) is 0.380. The van der Waals surface area contributed by atoms with Crippen molar-refractivity contribution in [2.45, 2.75) is 32.6 Å². The van der Waals surface area contributed by atoms with Gasteiger partial charge in [0.05, 0.1) is 0 Å². The molecule has 0 aromatic rings. The van der Waals surface area contributed by atoms with Crippen LogP contribution in [-0.2, 0) is 4.79 Å². The Morgan fingerprint density at radius 3 is 2.47 bits per heavy atom. The lowest BCUT2D eigenvalue weighted by atomic mass is 9.83. The Bertz CT molecular complexity index is 280. The number of carbonyl (C=O) groups is 1. The minimum Gasteiger partial charge on any atom is -0.403 e. The third kappa shape index (κ3) is 4.26. The third-order valence-electron chi connectivity index (χ3n) is 3.46. The molecule has 0 bridgehead atoms. The van der Waals surface area contributed by atoms with Crippen LogP contribution in [0.1, 0.15) is 32.6 Å². The Morgan fingerprint density at radius 1 is 1.41 bits per heavy atom. The molecule has 5 heteroatoms. The van der Waals surface area contributed by atoms with Gasteiger partial charge in [-0.05, 0) is 24.7 Å². The molecule has 0 spiro atoms. The summed E-state index contributed by atoms with van der Waals surface area (Å²) in [5.74, 6) is 6.73. The lowest BCUT2D eigenvalue weighted by molar-refractivity contribution is -0.119. The number of hydrogen-bond donors (Lipinski definition) is 3. The molecule has 1 fully saturated rings. The van der Waals surface area contributed by atoms with Crippen molar-refractivity contribution in [3.63, 3.8) is 0 Å². The summed E-state index contributed by atoms with van der Waals surface area (Å²) in [6.45, 7) is 3.00. The van der Waals surface area contributed by atoms with Crippen molar-refractivity contribution in [3.8, 4) is 0 Å². The summed E-state index contributed by atoms with van der Waals surface area (Å²) in [7, 11) is 1.60. The fraction of sp³-hybridized carbons (Fsp3) is 0.750. The Hall–Kier alpha value is -1.23. The van der Waals surface area contributed by atoms with Gasteiger partial charge in [-0.3, -0.25) is 4.79 Å². The van der Waals surface area contributed by atoms with Crippen molar-refractivity contribution in [1.29, 1.82) is 0 Å². The molecule has 0 atom stereocenters. The van der Waals surface area contributed by atoms with E-state index < -0.39 is 0 Å². The molecule has 1 amide bonds. The normalized spacial score (nSPS) is 25.5. The summed E-state index contributed by atoms with van der Waals surface area (Å²) in [5.41, 5.74) is 5.66. The fourth-order valence-electron chi connectivity index (χ4n) is 2.21. The summed E-state index contributed by atoms with van der Waals surface area (Å²) >= 11 is 0. The molecule has 0 radical (unpaired) electrons. The Morgan fingerprint density at radius 2 is 2.00 bits per heavy atom. The Kier molecular flexibility index (Phi) is 5.28. The smallest absolute Gasteiger partial charge is 0.270 e. The molecule has 0 heterocycles. The van der Waals surface area contributed by atoms with E-state index in [4.69, 9.17) is 11.6 Å². The number of nitrogens with zero attached hydrogens (tertiary/aromatic N) is 1. The molecule has 5 nitrogen and oxygen atoms in total. The van der Waals surface area contributed by atoms with E-state index in [9.17, 15) is 4.79 Å². The van der Waals surface area contributed by atoms with Crippen molar-refractivity contribution in [3.05, 3.63) is 11.9 Å². The second kappa shape index (κ2) is 6.49. The lowest BCUT2D eigenvalue weighted by Crippen LogP contribution is -2.39. The van der Waals surface area contributed by atoms with Gasteiger partial charge < -0.3 is 16.1 Å². The van der Waals surface area contributed by atoms with E-state index in [0.717, 1.165) is 12.5 Å². The van der Waals surface area contributed by atoms with Gasteiger partial charge in [-0.1, -0.05) is 19.8 Å². The van der Waals surface area contributed by atoms with E-state index in [2.05, 4.69) is 12.2 Å². The molecule has 0 aromatic heterocycles. The van der Waals surface area contributed by atoms with Crippen LogP contribution in [0.3, 0.4) is 0 Å². The molecule has 0 aromatic carbocycles. The second-order valence-corrected chi connectivity index (χ2v) is 5.00. The van der Waals surface area contributed by atoms with Crippen LogP contribution in [0.4, 0.5) is 0 Å². The minimum absolute atomic E-state index is 0.198. The second-order valence-electron chi connectivity index (χ2n) is 5.00. The first-order valence-corrected chi connectivity index (χ1v) is 6.23. The van der Waals surface area contributed by atoms with E-state index in [0.29, 0.717) is 11.6 Å². The molecule has 98 valence electrons. The number of hydrogen-bond acceptors (Lipinski definition) is 4. The van der Waals surface area contributed by atoms with Gasteiger partial charge in [-0.25, -0.2) is 5.84 Å². The first kappa shape index (κ1) is 13.8. The van der Waals surface area contributed by atoms with E-state index in [1.54, 1.807) is 7.05 Å². The zero-order valence-electron chi connectivity index (χ0n) is 10.8. The van der Waals surface area contributed by atoms with Crippen LogP contribution in [0.25, 0.3) is 0 Å². The van der Waals surface area contributed by atoms with Crippen LogP contribution < -0.4 is 16.9 Å². The first-order valence-electron chi connectivity index (χ1n) is 6.23. The predicted molar refractivity (Wildman–Crippen MR) is 68.4 cm³/mol. The van der Waals surface area contributed by atoms with Crippen LogP contribution >= 0.6 is 0 Å². The van der Waals surface area contributed by atoms with E-state index in [1.165, 1.54) is 36.9 Å². The van der Waals surface area contributed by atoms with Gasteiger partial charge in [0.1, 0.15) is 5.70 Å². The van der Waals surface area contributed by atoms with Gasteiger partial charge in [0.15, 0.2) is 0 Å². The van der Waals surface area contributed by atoms with Gasteiger partial charge in [-0.2, -0.15) is 0 Å². The molecule has 0 aliphatic heterocycles. The molecular weight excluding hydrogens is 216 g/mol. The molecule has 0 saturated heterocycles. The maximum Gasteiger partial charge on any atom is 0.270 e. The first-order chi connectivity index (χ1) is 8.04. The standard InChI is InChI=1S/C12H24N4O/c1-9-3-5-10(6-4-9)8-15-12(17)11(7-13)16(2)14/h7,9-10H,3-6,8,13-14H2,1-2H3,(H,15,17)/b11-7-/t9-,10-. The maximum absolute atomic E-state index is 11.7. The zero-order valence-corrected chi connectivity index (χ0v) is 10.8. The van der Waals surface area contributed by atoms with Crippen molar-refractivity contribution in [2.75, 3.05) is 13.6 Å².